The smallest absolute Gasteiger partial charge is 0.337 e. The molecule has 0 saturated carbocycles. The van der Waals surface area contributed by atoms with E-state index in [0.717, 1.165) is 0 Å². The molecule has 0 aliphatic rings. The Morgan fingerprint density at radius 1 is 1.58 bits per heavy atom. The van der Waals surface area contributed by atoms with Crippen LogP contribution in [0.5, 0.6) is 0 Å². The summed E-state index contributed by atoms with van der Waals surface area (Å²) in [4.78, 5) is 10.7. The van der Waals surface area contributed by atoms with Crippen molar-refractivity contribution in [3.05, 3.63) is 23.0 Å². The molecule has 0 spiro atoms. The summed E-state index contributed by atoms with van der Waals surface area (Å²) in [5.74, 6) is -0.940. The van der Waals surface area contributed by atoms with E-state index in [0.29, 0.717) is 17.8 Å². The zero-order valence-electron chi connectivity index (χ0n) is 7.03. The van der Waals surface area contributed by atoms with Crippen molar-refractivity contribution in [3.8, 4) is 0 Å². The van der Waals surface area contributed by atoms with Gasteiger partial charge in [0, 0.05) is 0 Å². The summed E-state index contributed by atoms with van der Waals surface area (Å²) in [7, 11) is 0. The second-order valence-corrected chi connectivity index (χ2v) is 2.50. The van der Waals surface area contributed by atoms with E-state index in [-0.39, 0.29) is 5.56 Å². The molecule has 0 radical (unpaired) electrons. The van der Waals surface area contributed by atoms with E-state index in [1.54, 1.807) is 6.92 Å². The number of hydrogen-bond donors (Lipinski definition) is 1. The van der Waals surface area contributed by atoms with Crippen LogP contribution in [-0.2, 0) is 6.42 Å². The zero-order chi connectivity index (χ0) is 9.14. The van der Waals surface area contributed by atoms with Crippen molar-refractivity contribution >= 4 is 5.97 Å². The lowest BCUT2D eigenvalue weighted by Crippen LogP contribution is -2.06. The van der Waals surface area contributed by atoms with Crippen molar-refractivity contribution in [2.24, 2.45) is 0 Å². The molecule has 0 aliphatic heterocycles. The van der Waals surface area contributed by atoms with Crippen molar-refractivity contribution in [1.29, 1.82) is 0 Å². The van der Waals surface area contributed by atoms with Gasteiger partial charge >= 0.3 is 5.97 Å². The fourth-order valence-electron chi connectivity index (χ4n) is 0.960. The maximum atomic E-state index is 10.7. The second kappa shape index (κ2) is 3.30. The molecule has 4 nitrogen and oxygen atoms in total. The molecule has 0 saturated heterocycles. The molecule has 0 aliphatic carbocycles. The summed E-state index contributed by atoms with van der Waals surface area (Å²) in [5.41, 5.74) is 1.42. The highest BCUT2D eigenvalue weighted by Gasteiger charge is 2.10. The summed E-state index contributed by atoms with van der Waals surface area (Å²) >= 11 is 0. The van der Waals surface area contributed by atoms with Crippen molar-refractivity contribution in [2.45, 2.75) is 20.3 Å². The van der Waals surface area contributed by atoms with Crippen LogP contribution < -0.4 is 0 Å². The molecule has 1 aromatic rings. The minimum Gasteiger partial charge on any atom is -0.478 e. The zero-order valence-corrected chi connectivity index (χ0v) is 7.03. The molecule has 0 unspecified atom stereocenters. The minimum absolute atomic E-state index is 0.255. The van der Waals surface area contributed by atoms with Gasteiger partial charge in [0.25, 0.3) is 0 Å². The third-order valence-corrected chi connectivity index (χ3v) is 1.56. The number of aryl methyl sites for hydroxylation is 2. The Morgan fingerprint density at radius 2 is 2.25 bits per heavy atom. The van der Waals surface area contributed by atoms with E-state index in [9.17, 15) is 4.79 Å². The second-order valence-electron chi connectivity index (χ2n) is 2.50. The number of carbonyl (C=O) groups is 1. The lowest BCUT2D eigenvalue weighted by Gasteiger charge is -2.00. The van der Waals surface area contributed by atoms with Gasteiger partial charge in [0.05, 0.1) is 17.0 Å². The Bertz CT molecular complexity index is 310. The van der Waals surface area contributed by atoms with Crippen LogP contribution in [0.3, 0.4) is 0 Å². The monoisotopic (exact) mass is 166 g/mol. The summed E-state index contributed by atoms with van der Waals surface area (Å²) in [5, 5.41) is 16.3. The van der Waals surface area contributed by atoms with Crippen molar-refractivity contribution < 1.29 is 9.90 Å². The van der Waals surface area contributed by atoms with Gasteiger partial charge in [-0.3, -0.25) is 0 Å². The largest absolute Gasteiger partial charge is 0.478 e. The van der Waals surface area contributed by atoms with E-state index < -0.39 is 5.97 Å². The topological polar surface area (TPSA) is 63.1 Å². The highest BCUT2D eigenvalue weighted by molar-refractivity contribution is 5.88. The molecule has 64 valence electrons. The van der Waals surface area contributed by atoms with Crippen LogP contribution in [0.4, 0.5) is 0 Å². The fourth-order valence-corrected chi connectivity index (χ4v) is 0.960. The Kier molecular flexibility index (Phi) is 2.38. The fraction of sp³-hybridized carbons (Fsp3) is 0.375. The number of aromatic nitrogens is 2. The van der Waals surface area contributed by atoms with Crippen LogP contribution in [0.1, 0.15) is 28.7 Å². The SMILES string of the molecule is CCc1nnc(C)cc1C(=O)O. The average Bonchev–Trinajstić information content (AvgIpc) is 2.04. The molecule has 1 aromatic heterocycles. The molecule has 0 aromatic carbocycles. The van der Waals surface area contributed by atoms with Gasteiger partial charge in [-0.05, 0) is 19.4 Å². The lowest BCUT2D eigenvalue weighted by atomic mass is 10.1. The molecule has 0 amide bonds. The predicted molar refractivity (Wildman–Crippen MR) is 43.1 cm³/mol. The standard InChI is InChI=1S/C8H10N2O2/c1-3-7-6(8(11)12)4-5(2)9-10-7/h4H,3H2,1-2H3,(H,11,12). The summed E-state index contributed by atoms with van der Waals surface area (Å²) < 4.78 is 0. The van der Waals surface area contributed by atoms with Crippen molar-refractivity contribution in [1.82, 2.24) is 10.2 Å². The van der Waals surface area contributed by atoms with E-state index in [4.69, 9.17) is 5.11 Å². The summed E-state index contributed by atoms with van der Waals surface area (Å²) in [6, 6.07) is 1.54. The number of rotatable bonds is 2. The summed E-state index contributed by atoms with van der Waals surface area (Å²) in [6.45, 7) is 3.57. The molecular formula is C8H10N2O2. The van der Waals surface area contributed by atoms with Gasteiger partial charge in [0.15, 0.2) is 0 Å². The van der Waals surface area contributed by atoms with E-state index in [1.165, 1.54) is 6.07 Å². The Balaban J connectivity index is 3.21. The third kappa shape index (κ3) is 1.58. The molecule has 0 fully saturated rings. The van der Waals surface area contributed by atoms with Gasteiger partial charge in [0.1, 0.15) is 0 Å². The van der Waals surface area contributed by atoms with Gasteiger partial charge in [-0.25, -0.2) is 4.79 Å². The van der Waals surface area contributed by atoms with Crippen LogP contribution >= 0.6 is 0 Å². The van der Waals surface area contributed by atoms with Gasteiger partial charge in [-0.2, -0.15) is 10.2 Å². The first-order valence-corrected chi connectivity index (χ1v) is 3.71. The maximum absolute atomic E-state index is 10.7. The van der Waals surface area contributed by atoms with Crippen LogP contribution in [-0.4, -0.2) is 21.3 Å². The first-order chi connectivity index (χ1) is 5.65. The number of nitrogens with zero attached hydrogens (tertiary/aromatic N) is 2. The number of hydrogen-bond acceptors (Lipinski definition) is 3. The van der Waals surface area contributed by atoms with Crippen LogP contribution in [0.25, 0.3) is 0 Å². The Hall–Kier alpha value is -1.45. The molecule has 1 rings (SSSR count). The average molecular weight is 166 g/mol. The minimum atomic E-state index is -0.940. The quantitative estimate of drug-likeness (QED) is 0.713. The van der Waals surface area contributed by atoms with Crippen LogP contribution in [0, 0.1) is 6.92 Å². The Labute approximate surface area is 70.3 Å². The summed E-state index contributed by atoms with van der Waals surface area (Å²) in [6.07, 6.45) is 0.592. The highest BCUT2D eigenvalue weighted by atomic mass is 16.4. The molecular weight excluding hydrogens is 156 g/mol. The first-order valence-electron chi connectivity index (χ1n) is 3.71. The number of carboxylic acid groups (broad SMARTS) is 1. The first kappa shape index (κ1) is 8.64. The van der Waals surface area contributed by atoms with Gasteiger partial charge in [-0.1, -0.05) is 6.92 Å². The lowest BCUT2D eigenvalue weighted by molar-refractivity contribution is 0.0694. The van der Waals surface area contributed by atoms with E-state index >= 15 is 0 Å². The Morgan fingerprint density at radius 3 is 2.75 bits per heavy atom. The van der Waals surface area contributed by atoms with Gasteiger partial charge in [-0.15, -0.1) is 0 Å². The molecule has 1 heterocycles. The molecule has 0 bridgehead atoms. The molecule has 0 atom stereocenters. The highest BCUT2D eigenvalue weighted by Crippen LogP contribution is 2.06. The normalized spacial score (nSPS) is 9.83. The molecule has 12 heavy (non-hydrogen) atoms. The van der Waals surface area contributed by atoms with E-state index in [1.807, 2.05) is 6.92 Å². The maximum Gasteiger partial charge on any atom is 0.337 e. The van der Waals surface area contributed by atoms with Gasteiger partial charge < -0.3 is 5.11 Å². The molecule has 1 N–H and O–H groups in total. The number of aromatic carboxylic acids is 1. The van der Waals surface area contributed by atoms with Gasteiger partial charge in [0.2, 0.25) is 0 Å². The van der Waals surface area contributed by atoms with E-state index in [2.05, 4.69) is 10.2 Å². The van der Waals surface area contributed by atoms with Crippen molar-refractivity contribution in [3.63, 3.8) is 0 Å². The number of carboxylic acids is 1. The molecule has 4 heteroatoms. The van der Waals surface area contributed by atoms with Crippen molar-refractivity contribution in [2.75, 3.05) is 0 Å². The predicted octanol–water partition coefficient (Wildman–Crippen LogP) is 1.05. The van der Waals surface area contributed by atoms with Crippen LogP contribution in [0.2, 0.25) is 0 Å². The van der Waals surface area contributed by atoms with Crippen LogP contribution in [0.15, 0.2) is 6.07 Å². The third-order valence-electron chi connectivity index (χ3n) is 1.56.